The van der Waals surface area contributed by atoms with Gasteiger partial charge >= 0.3 is 0 Å². The second kappa shape index (κ2) is 29.5. The van der Waals surface area contributed by atoms with Gasteiger partial charge in [-0.1, -0.05) is 45.9 Å². The van der Waals surface area contributed by atoms with Crippen LogP contribution in [0.3, 0.4) is 0 Å². The first-order valence-corrected chi connectivity index (χ1v) is 22.3. The summed E-state index contributed by atoms with van der Waals surface area (Å²) in [6, 6.07) is 36.3. The van der Waals surface area contributed by atoms with Crippen molar-refractivity contribution in [3.63, 3.8) is 0 Å². The lowest BCUT2D eigenvalue weighted by atomic mass is 10.2. The standard InChI is InChI=1S/3C16H17NO3.C7H8O2/c1-3-13-5-4-6-14(17-13)11-20-16-8-7-15(19-2)9-12(16)10-18;1-3-13-5-4-6-14(17-13)11-20-16-9-15(19-2)8-7-12(16)10-18;1-3-13-5-4-6-14(17-13)11-20-16-9-12(10-18)7-8-15(16)19-2;1-2-6-3-4-7(5-8)9-6/h3*4-10H,3,11H2,1-2H3;3-5H,2H2,1H3. The van der Waals surface area contributed by atoms with Crippen molar-refractivity contribution in [2.24, 2.45) is 0 Å². The number of furan rings is 1. The molecule has 0 aliphatic rings. The molecule has 0 fully saturated rings. The quantitative estimate of drug-likeness (QED) is 0.0660. The van der Waals surface area contributed by atoms with E-state index in [1.54, 1.807) is 82.0 Å². The highest BCUT2D eigenvalue weighted by Crippen LogP contribution is 2.29. The number of aryl methyl sites for hydroxylation is 4. The molecule has 0 spiro atoms. The van der Waals surface area contributed by atoms with Crippen LogP contribution in [-0.2, 0) is 45.5 Å². The van der Waals surface area contributed by atoms with Crippen molar-refractivity contribution < 1.29 is 52.0 Å². The van der Waals surface area contributed by atoms with Gasteiger partial charge in [-0.3, -0.25) is 34.1 Å². The summed E-state index contributed by atoms with van der Waals surface area (Å²) in [5.41, 5.74) is 7.12. The second-order valence-electron chi connectivity index (χ2n) is 14.6. The van der Waals surface area contributed by atoms with Crippen molar-refractivity contribution in [2.75, 3.05) is 21.3 Å². The van der Waals surface area contributed by atoms with Crippen LogP contribution < -0.4 is 28.4 Å². The van der Waals surface area contributed by atoms with Crippen molar-refractivity contribution >= 4 is 25.1 Å². The third-order valence-corrected chi connectivity index (χ3v) is 9.97. The van der Waals surface area contributed by atoms with Gasteiger partial charge in [0, 0.05) is 35.1 Å². The van der Waals surface area contributed by atoms with Gasteiger partial charge in [-0.2, -0.15) is 0 Å². The topological polar surface area (TPSA) is 175 Å². The first kappa shape index (κ1) is 53.5. The molecule has 0 unspecified atom stereocenters. The molecule has 360 valence electrons. The minimum Gasteiger partial charge on any atom is -0.497 e. The molecule has 0 amide bonds. The molecule has 7 rings (SSSR count). The van der Waals surface area contributed by atoms with Gasteiger partial charge in [0.25, 0.3) is 0 Å². The summed E-state index contributed by atoms with van der Waals surface area (Å²) in [6.07, 6.45) is 6.51. The summed E-state index contributed by atoms with van der Waals surface area (Å²) in [5, 5.41) is 0. The number of nitrogens with zero attached hydrogens (tertiary/aromatic N) is 3. The van der Waals surface area contributed by atoms with Crippen molar-refractivity contribution in [3.8, 4) is 34.5 Å². The van der Waals surface area contributed by atoms with Crippen molar-refractivity contribution in [1.82, 2.24) is 15.0 Å². The Morgan fingerprint density at radius 3 is 1.36 bits per heavy atom. The number of hydrogen-bond acceptors (Lipinski definition) is 14. The lowest BCUT2D eigenvalue weighted by Crippen LogP contribution is -2.02. The van der Waals surface area contributed by atoms with E-state index < -0.39 is 0 Å². The molecule has 0 N–H and O–H groups in total. The van der Waals surface area contributed by atoms with Crippen LogP contribution in [0.4, 0.5) is 0 Å². The number of benzene rings is 3. The highest BCUT2D eigenvalue weighted by molar-refractivity contribution is 5.80. The van der Waals surface area contributed by atoms with Gasteiger partial charge in [-0.25, -0.2) is 0 Å². The van der Waals surface area contributed by atoms with Crippen LogP contribution in [0.2, 0.25) is 0 Å². The highest BCUT2D eigenvalue weighted by atomic mass is 16.5. The molecular formula is C55H59N3O11. The summed E-state index contributed by atoms with van der Waals surface area (Å²) in [6.45, 7) is 9.15. The Morgan fingerprint density at radius 2 is 0.913 bits per heavy atom. The van der Waals surface area contributed by atoms with Gasteiger partial charge in [0.1, 0.15) is 54.9 Å². The fourth-order valence-electron chi connectivity index (χ4n) is 6.14. The SMILES string of the molecule is CCc1ccc(C=O)o1.CCc1cccc(COc2cc(C=O)ccc2OC)n1.CCc1cccc(COc2cc(OC)ccc2C=O)n1.CCc1cccc(COc2ccc(OC)cc2C=O)n1. The summed E-state index contributed by atoms with van der Waals surface area (Å²) in [4.78, 5) is 56.3. The minimum atomic E-state index is 0.321. The van der Waals surface area contributed by atoms with E-state index >= 15 is 0 Å². The number of carbonyl (C=O) groups is 4. The molecule has 0 aliphatic carbocycles. The zero-order chi connectivity index (χ0) is 49.8. The molecule has 69 heavy (non-hydrogen) atoms. The number of rotatable bonds is 20. The third-order valence-electron chi connectivity index (χ3n) is 9.97. The van der Waals surface area contributed by atoms with Crippen molar-refractivity contribution in [3.05, 3.63) is 184 Å². The number of methoxy groups -OCH3 is 3. The monoisotopic (exact) mass is 937 g/mol. The number of aldehydes is 4. The van der Waals surface area contributed by atoms with E-state index in [0.29, 0.717) is 83.1 Å². The third kappa shape index (κ3) is 17.6. The van der Waals surface area contributed by atoms with Crippen LogP contribution in [0.1, 0.15) is 109 Å². The number of carbonyl (C=O) groups excluding carboxylic acids is 4. The lowest BCUT2D eigenvalue weighted by Gasteiger charge is -2.11. The summed E-state index contributed by atoms with van der Waals surface area (Å²) in [5.74, 6) is 4.73. The van der Waals surface area contributed by atoms with Gasteiger partial charge in [0.05, 0.1) is 49.5 Å². The maximum absolute atomic E-state index is 11.1. The molecule has 4 heterocycles. The zero-order valence-electron chi connectivity index (χ0n) is 40.1. The molecule has 0 aliphatic heterocycles. The highest BCUT2D eigenvalue weighted by Gasteiger charge is 2.09. The fraction of sp³-hybridized carbons (Fsp3) is 0.255. The number of pyridine rings is 3. The molecule has 14 nitrogen and oxygen atoms in total. The van der Waals surface area contributed by atoms with E-state index in [9.17, 15) is 19.2 Å². The van der Waals surface area contributed by atoms with E-state index in [-0.39, 0.29) is 0 Å². The Balaban J connectivity index is 0.000000207. The Hall–Kier alpha value is -8.13. The first-order valence-electron chi connectivity index (χ1n) is 22.3. The molecule has 3 aromatic carbocycles. The predicted octanol–water partition coefficient (Wildman–Crippen LogP) is 10.8. The van der Waals surface area contributed by atoms with E-state index in [4.69, 9.17) is 32.8 Å². The van der Waals surface area contributed by atoms with Gasteiger partial charge in [0.15, 0.2) is 36.1 Å². The van der Waals surface area contributed by atoms with Crippen LogP contribution in [0.15, 0.2) is 126 Å². The van der Waals surface area contributed by atoms with Crippen molar-refractivity contribution in [1.29, 1.82) is 0 Å². The molecule has 0 bridgehead atoms. The van der Waals surface area contributed by atoms with E-state index in [1.165, 1.54) is 0 Å². The smallest absolute Gasteiger partial charge is 0.185 e. The summed E-state index contributed by atoms with van der Waals surface area (Å²) in [7, 11) is 4.70. The number of ether oxygens (including phenoxy) is 6. The van der Waals surface area contributed by atoms with Crippen LogP contribution >= 0.6 is 0 Å². The van der Waals surface area contributed by atoms with Crippen LogP contribution in [0, 0.1) is 0 Å². The normalized spacial score (nSPS) is 10.0. The van der Waals surface area contributed by atoms with Gasteiger partial charge in [-0.15, -0.1) is 0 Å². The number of aromatic nitrogens is 3. The van der Waals surface area contributed by atoms with E-state index in [0.717, 1.165) is 84.5 Å². The molecule has 14 heteroatoms. The molecule has 0 saturated carbocycles. The lowest BCUT2D eigenvalue weighted by molar-refractivity contribution is 0.109. The fourth-order valence-corrected chi connectivity index (χ4v) is 6.14. The molecule has 4 aromatic heterocycles. The minimum absolute atomic E-state index is 0.321. The average molecular weight is 938 g/mol. The number of hydrogen-bond donors (Lipinski definition) is 0. The Labute approximate surface area is 403 Å². The van der Waals surface area contributed by atoms with Crippen LogP contribution in [0.25, 0.3) is 0 Å². The molecule has 0 atom stereocenters. The molecular weight excluding hydrogens is 879 g/mol. The second-order valence-corrected chi connectivity index (χ2v) is 14.6. The van der Waals surface area contributed by atoms with Crippen LogP contribution in [-0.4, -0.2) is 61.4 Å². The summed E-state index contributed by atoms with van der Waals surface area (Å²) >= 11 is 0. The predicted molar refractivity (Wildman–Crippen MR) is 262 cm³/mol. The Bertz CT molecular complexity index is 2700. The molecule has 0 saturated heterocycles. The Morgan fingerprint density at radius 1 is 0.420 bits per heavy atom. The largest absolute Gasteiger partial charge is 0.497 e. The van der Waals surface area contributed by atoms with Crippen LogP contribution in [0.5, 0.6) is 34.5 Å². The van der Waals surface area contributed by atoms with Gasteiger partial charge < -0.3 is 32.8 Å². The molecule has 0 radical (unpaired) electrons. The zero-order valence-corrected chi connectivity index (χ0v) is 40.1. The maximum atomic E-state index is 11.1. The van der Waals surface area contributed by atoms with E-state index in [1.807, 2.05) is 67.6 Å². The van der Waals surface area contributed by atoms with Crippen molar-refractivity contribution in [2.45, 2.75) is 73.2 Å². The molecule has 7 aromatic rings. The van der Waals surface area contributed by atoms with Gasteiger partial charge in [0.2, 0.25) is 0 Å². The first-order chi connectivity index (χ1) is 33.6. The maximum Gasteiger partial charge on any atom is 0.185 e. The summed E-state index contributed by atoms with van der Waals surface area (Å²) < 4.78 is 37.5. The Kier molecular flexibility index (Phi) is 22.9. The average Bonchev–Trinajstić information content (AvgIpc) is 3.90. The van der Waals surface area contributed by atoms with E-state index in [2.05, 4.69) is 35.7 Å². The van der Waals surface area contributed by atoms with Gasteiger partial charge in [-0.05, 0) is 116 Å².